The lowest BCUT2D eigenvalue weighted by Crippen LogP contribution is -2.31. The summed E-state index contributed by atoms with van der Waals surface area (Å²) in [6.45, 7) is 1.79. The molecule has 7 heteroatoms. The molecule has 2 N–H and O–H groups in total. The average Bonchev–Trinajstić information content (AvgIpc) is 2.46. The molecule has 0 aliphatic carbocycles. The highest BCUT2D eigenvalue weighted by Gasteiger charge is 2.29. The van der Waals surface area contributed by atoms with Crippen molar-refractivity contribution in [3.63, 3.8) is 0 Å². The maximum atomic E-state index is 12.6. The van der Waals surface area contributed by atoms with Gasteiger partial charge in [-0.05, 0) is 36.8 Å². The molecule has 1 atom stereocenters. The maximum Gasteiger partial charge on any atom is 0.262 e. The summed E-state index contributed by atoms with van der Waals surface area (Å²) in [5, 5.41) is 0.471. The summed E-state index contributed by atoms with van der Waals surface area (Å²) >= 11 is 5.84. The topological polar surface area (TPSA) is 76.3 Å². The minimum atomic E-state index is -3.76. The Labute approximate surface area is 129 Å². The lowest BCUT2D eigenvalue weighted by molar-refractivity contribution is 0.397. The van der Waals surface area contributed by atoms with Crippen molar-refractivity contribution in [3.8, 4) is 0 Å². The second-order valence-electron chi connectivity index (χ2n) is 4.65. The molecule has 2 aromatic rings. The highest BCUT2D eigenvalue weighted by atomic mass is 35.5. The highest BCUT2D eigenvalue weighted by molar-refractivity contribution is 7.89. The second-order valence-corrected chi connectivity index (χ2v) is 7.00. The molecule has 0 spiro atoms. The third-order valence-corrected chi connectivity index (χ3v) is 5.48. The number of pyridine rings is 1. The Hall–Kier alpha value is -1.63. The van der Waals surface area contributed by atoms with Crippen molar-refractivity contribution < 1.29 is 8.42 Å². The highest BCUT2D eigenvalue weighted by Crippen LogP contribution is 2.27. The third kappa shape index (κ3) is 3.18. The van der Waals surface area contributed by atoms with Gasteiger partial charge in [0, 0.05) is 24.3 Å². The monoisotopic (exact) mass is 325 g/mol. The van der Waals surface area contributed by atoms with E-state index in [4.69, 9.17) is 17.3 Å². The van der Waals surface area contributed by atoms with Crippen LogP contribution in [-0.2, 0) is 10.0 Å². The van der Waals surface area contributed by atoms with Gasteiger partial charge in [0.15, 0.2) is 5.03 Å². The first-order valence-corrected chi connectivity index (χ1v) is 8.10. The predicted octanol–water partition coefficient (Wildman–Crippen LogP) is 2.70. The molecule has 1 aromatic carbocycles. The van der Waals surface area contributed by atoms with Crippen LogP contribution in [0.5, 0.6) is 0 Å². The van der Waals surface area contributed by atoms with E-state index < -0.39 is 10.0 Å². The molecule has 5 nitrogen and oxygen atoms in total. The fraction of sp³-hybridized carbons (Fsp3) is 0.214. The van der Waals surface area contributed by atoms with Gasteiger partial charge in [0.05, 0.1) is 5.69 Å². The van der Waals surface area contributed by atoms with Crippen LogP contribution >= 0.6 is 11.6 Å². The SMILES string of the molecule is CC(c1ccc(Cl)cc1)N(C)S(=O)(=O)c1ncccc1N. The van der Waals surface area contributed by atoms with E-state index in [0.717, 1.165) is 5.56 Å². The number of rotatable bonds is 4. The van der Waals surface area contributed by atoms with Crippen molar-refractivity contribution >= 4 is 27.3 Å². The number of aromatic nitrogens is 1. The van der Waals surface area contributed by atoms with Gasteiger partial charge in [0.1, 0.15) is 0 Å². The van der Waals surface area contributed by atoms with E-state index in [1.807, 2.05) is 0 Å². The third-order valence-electron chi connectivity index (χ3n) is 3.32. The molecule has 1 aromatic heterocycles. The molecule has 21 heavy (non-hydrogen) atoms. The van der Waals surface area contributed by atoms with Gasteiger partial charge in [-0.25, -0.2) is 13.4 Å². The number of nitrogens with two attached hydrogens (primary N) is 1. The Kier molecular flexibility index (Phi) is 4.51. The van der Waals surface area contributed by atoms with Crippen LogP contribution in [0.2, 0.25) is 5.02 Å². The van der Waals surface area contributed by atoms with Gasteiger partial charge in [-0.15, -0.1) is 0 Å². The normalized spacial score (nSPS) is 13.3. The number of benzene rings is 1. The Balaban J connectivity index is 2.36. The van der Waals surface area contributed by atoms with Gasteiger partial charge < -0.3 is 5.73 Å². The fourth-order valence-electron chi connectivity index (χ4n) is 1.91. The first-order valence-electron chi connectivity index (χ1n) is 6.28. The standard InChI is InChI=1S/C14H16ClN3O2S/c1-10(11-5-7-12(15)8-6-11)18(2)21(19,20)14-13(16)4-3-9-17-14/h3-10H,16H2,1-2H3. The molecule has 1 unspecified atom stereocenters. The van der Waals surface area contributed by atoms with Gasteiger partial charge in [0.25, 0.3) is 10.0 Å². The number of hydrogen-bond acceptors (Lipinski definition) is 4. The van der Waals surface area contributed by atoms with E-state index in [0.29, 0.717) is 5.02 Å². The summed E-state index contributed by atoms with van der Waals surface area (Å²) in [5.74, 6) is 0. The summed E-state index contributed by atoms with van der Waals surface area (Å²) in [6, 6.07) is 9.78. The number of nitrogens with zero attached hydrogens (tertiary/aromatic N) is 2. The predicted molar refractivity (Wildman–Crippen MR) is 83.5 cm³/mol. The van der Waals surface area contributed by atoms with Crippen LogP contribution in [0.3, 0.4) is 0 Å². The van der Waals surface area contributed by atoms with E-state index in [2.05, 4.69) is 4.98 Å². The van der Waals surface area contributed by atoms with Gasteiger partial charge in [-0.2, -0.15) is 4.31 Å². The molecule has 0 radical (unpaired) electrons. The number of hydrogen-bond donors (Lipinski definition) is 1. The number of nitrogen functional groups attached to an aromatic ring is 1. The summed E-state index contributed by atoms with van der Waals surface area (Å²) < 4.78 is 26.4. The first-order chi connectivity index (χ1) is 9.84. The van der Waals surface area contributed by atoms with Gasteiger partial charge in [-0.3, -0.25) is 0 Å². The fourth-order valence-corrected chi connectivity index (χ4v) is 3.41. The zero-order chi connectivity index (χ0) is 15.6. The van der Waals surface area contributed by atoms with E-state index >= 15 is 0 Å². The van der Waals surface area contributed by atoms with Crippen LogP contribution in [0.15, 0.2) is 47.6 Å². The van der Waals surface area contributed by atoms with Crippen molar-refractivity contribution in [3.05, 3.63) is 53.2 Å². The van der Waals surface area contributed by atoms with Crippen molar-refractivity contribution in [2.75, 3.05) is 12.8 Å². The van der Waals surface area contributed by atoms with Crippen molar-refractivity contribution in [2.24, 2.45) is 0 Å². The molecular weight excluding hydrogens is 310 g/mol. The second kappa shape index (κ2) is 6.01. The van der Waals surface area contributed by atoms with E-state index in [9.17, 15) is 8.42 Å². The smallest absolute Gasteiger partial charge is 0.262 e. The number of halogens is 1. The van der Waals surface area contributed by atoms with Gasteiger partial charge in [0.2, 0.25) is 0 Å². The van der Waals surface area contributed by atoms with E-state index in [1.165, 1.54) is 23.6 Å². The van der Waals surface area contributed by atoms with Gasteiger partial charge in [-0.1, -0.05) is 23.7 Å². The molecule has 0 bridgehead atoms. The summed E-state index contributed by atoms with van der Waals surface area (Å²) in [4.78, 5) is 3.89. The molecule has 1 heterocycles. The van der Waals surface area contributed by atoms with E-state index in [-0.39, 0.29) is 16.8 Å². The zero-order valence-electron chi connectivity index (χ0n) is 11.7. The quantitative estimate of drug-likeness (QED) is 0.937. The number of anilines is 1. The Morgan fingerprint density at radius 1 is 1.24 bits per heavy atom. The van der Waals surface area contributed by atoms with Gasteiger partial charge >= 0.3 is 0 Å². The van der Waals surface area contributed by atoms with Crippen LogP contribution in [0, 0.1) is 0 Å². The minimum absolute atomic E-state index is 0.131. The van der Waals surface area contributed by atoms with Crippen LogP contribution < -0.4 is 5.73 Å². The molecule has 0 saturated carbocycles. The molecule has 0 fully saturated rings. The Morgan fingerprint density at radius 3 is 2.43 bits per heavy atom. The van der Waals surface area contributed by atoms with Crippen LogP contribution in [0.4, 0.5) is 5.69 Å². The molecule has 0 saturated heterocycles. The van der Waals surface area contributed by atoms with Crippen LogP contribution in [-0.4, -0.2) is 24.8 Å². The Morgan fingerprint density at radius 2 is 1.86 bits per heavy atom. The van der Waals surface area contributed by atoms with E-state index in [1.54, 1.807) is 37.3 Å². The summed E-state index contributed by atoms with van der Waals surface area (Å²) in [6.07, 6.45) is 1.41. The largest absolute Gasteiger partial charge is 0.396 e. The summed E-state index contributed by atoms with van der Waals surface area (Å²) in [5.41, 5.74) is 6.68. The molecule has 2 rings (SSSR count). The Bertz CT molecular complexity index is 732. The van der Waals surface area contributed by atoms with Crippen molar-refractivity contribution in [1.29, 1.82) is 0 Å². The van der Waals surface area contributed by atoms with Crippen molar-refractivity contribution in [2.45, 2.75) is 18.0 Å². The maximum absolute atomic E-state index is 12.6. The first kappa shape index (κ1) is 15.8. The van der Waals surface area contributed by atoms with Crippen molar-refractivity contribution in [1.82, 2.24) is 9.29 Å². The minimum Gasteiger partial charge on any atom is -0.396 e. The van der Waals surface area contributed by atoms with Crippen LogP contribution in [0.1, 0.15) is 18.5 Å². The summed E-state index contributed by atoms with van der Waals surface area (Å²) in [7, 11) is -2.26. The average molecular weight is 326 g/mol. The zero-order valence-corrected chi connectivity index (χ0v) is 13.3. The lowest BCUT2D eigenvalue weighted by atomic mass is 10.1. The molecule has 112 valence electrons. The molecule has 0 aliphatic rings. The molecular formula is C14H16ClN3O2S. The number of sulfonamides is 1. The molecule has 0 aliphatic heterocycles. The molecule has 0 amide bonds. The van der Waals surface area contributed by atoms with Crippen LogP contribution in [0.25, 0.3) is 0 Å². The lowest BCUT2D eigenvalue weighted by Gasteiger charge is -2.24.